The van der Waals surface area contributed by atoms with Gasteiger partial charge in [0.1, 0.15) is 0 Å². The van der Waals surface area contributed by atoms with Crippen molar-refractivity contribution in [3.63, 3.8) is 0 Å². The average molecular weight is 334 g/mol. The molecule has 1 heterocycles. The summed E-state index contributed by atoms with van der Waals surface area (Å²) in [5, 5.41) is 0. The molecule has 0 aromatic rings. The van der Waals surface area contributed by atoms with Crippen molar-refractivity contribution >= 4 is 32.8 Å². The molecule has 0 aromatic heterocycles. The van der Waals surface area contributed by atoms with Gasteiger partial charge in [0.2, 0.25) is 0 Å². The fourth-order valence-corrected chi connectivity index (χ4v) is 2.96. The lowest BCUT2D eigenvalue weighted by Crippen LogP contribution is -2.46. The zero-order chi connectivity index (χ0) is 10.8. The van der Waals surface area contributed by atoms with Gasteiger partial charge < -0.3 is 4.74 Å². The maximum atomic E-state index is 11.5. The third-order valence-electron chi connectivity index (χ3n) is 2.14. The highest BCUT2D eigenvalue weighted by molar-refractivity contribution is 14.1. The highest BCUT2D eigenvalue weighted by Gasteiger charge is 2.31. The van der Waals surface area contributed by atoms with Gasteiger partial charge in [-0.3, -0.25) is 0 Å². The molecule has 1 fully saturated rings. The van der Waals surface area contributed by atoms with Gasteiger partial charge in [-0.25, -0.2) is 0 Å². The molecule has 1 aliphatic rings. The first kappa shape index (κ1) is 12.6. The number of nitrogens with one attached hydrogen (secondary N) is 1. The summed E-state index contributed by atoms with van der Waals surface area (Å²) in [6.07, 6.45) is 0.756. The normalized spacial score (nSPS) is 28.6. The van der Waals surface area contributed by atoms with Crippen LogP contribution in [0.15, 0.2) is 0 Å². The van der Waals surface area contributed by atoms with Crippen molar-refractivity contribution in [2.75, 3.05) is 25.1 Å². The van der Waals surface area contributed by atoms with Crippen LogP contribution in [0, 0.1) is 0 Å². The van der Waals surface area contributed by atoms with Crippen LogP contribution >= 0.6 is 22.6 Å². The molecule has 0 spiro atoms. The minimum Gasteiger partial charge on any atom is -0.376 e. The number of hydrogen-bond donors (Lipinski definition) is 1. The monoisotopic (exact) mass is 334 g/mol. The Morgan fingerprint density at radius 2 is 2.21 bits per heavy atom. The predicted octanol–water partition coefficient (Wildman–Crippen LogP) is -0.0251. The van der Waals surface area contributed by atoms with E-state index in [0.29, 0.717) is 6.61 Å². The zero-order valence-electron chi connectivity index (χ0n) is 8.23. The van der Waals surface area contributed by atoms with Gasteiger partial charge in [-0.2, -0.15) is 17.4 Å². The number of ether oxygens (including phenoxy) is 1. The molecular formula is C7H15IN2O3S. The lowest BCUT2D eigenvalue weighted by molar-refractivity contribution is 0.122. The van der Waals surface area contributed by atoms with Crippen LogP contribution in [0.2, 0.25) is 0 Å². The second-order valence-corrected chi connectivity index (χ2v) is 6.16. The van der Waals surface area contributed by atoms with Crippen LogP contribution in [-0.2, 0) is 14.9 Å². The quantitative estimate of drug-likeness (QED) is 0.581. The highest BCUT2D eigenvalue weighted by atomic mass is 127. The number of nitrogens with zero attached hydrogens (tertiary/aromatic N) is 1. The number of rotatable bonds is 4. The van der Waals surface area contributed by atoms with Crippen molar-refractivity contribution in [3.8, 4) is 0 Å². The minimum absolute atomic E-state index is 0.00493. The molecule has 1 saturated heterocycles. The van der Waals surface area contributed by atoms with Gasteiger partial charge >= 0.3 is 0 Å². The van der Waals surface area contributed by atoms with Gasteiger partial charge in [-0.1, -0.05) is 22.6 Å². The van der Waals surface area contributed by atoms with Crippen LogP contribution in [0.1, 0.15) is 6.42 Å². The van der Waals surface area contributed by atoms with E-state index in [1.54, 1.807) is 0 Å². The third-order valence-corrected chi connectivity index (χ3v) is 4.57. The Morgan fingerprint density at radius 3 is 2.71 bits per heavy atom. The molecule has 84 valence electrons. The SMILES string of the molecule is CN(C)S(=O)(=O)N[C@@H]1CCO[C@H]1CI. The summed E-state index contributed by atoms with van der Waals surface area (Å²) in [7, 11) is -0.302. The standard InChI is InChI=1S/C7H15IN2O3S/c1-10(2)14(11,12)9-6-3-4-13-7(6)5-8/h6-7,9H,3-5H2,1-2H3/t6-,7+/m1/s1. The van der Waals surface area contributed by atoms with Gasteiger partial charge in [-0.15, -0.1) is 0 Å². The summed E-state index contributed by atoms with van der Waals surface area (Å²) in [5.74, 6) is 0. The van der Waals surface area contributed by atoms with Crippen molar-refractivity contribution in [2.45, 2.75) is 18.6 Å². The molecule has 0 saturated carbocycles. The number of halogens is 1. The molecule has 1 N–H and O–H groups in total. The van der Waals surface area contributed by atoms with Crippen LogP contribution in [0.4, 0.5) is 0 Å². The van der Waals surface area contributed by atoms with Crippen molar-refractivity contribution in [1.82, 2.24) is 9.03 Å². The molecule has 5 nitrogen and oxygen atoms in total. The van der Waals surface area contributed by atoms with E-state index in [4.69, 9.17) is 4.74 Å². The Hall–Kier alpha value is 0.560. The average Bonchev–Trinajstić information content (AvgIpc) is 2.50. The molecule has 1 aliphatic heterocycles. The third kappa shape index (κ3) is 3.02. The molecule has 0 aromatic carbocycles. The summed E-state index contributed by atoms with van der Waals surface area (Å²) in [5.41, 5.74) is 0. The molecule has 0 unspecified atom stereocenters. The van der Waals surface area contributed by atoms with E-state index < -0.39 is 10.2 Å². The minimum atomic E-state index is -3.32. The summed E-state index contributed by atoms with van der Waals surface area (Å²) in [4.78, 5) is 0. The van der Waals surface area contributed by atoms with Crippen LogP contribution in [0.3, 0.4) is 0 Å². The van der Waals surface area contributed by atoms with Crippen molar-refractivity contribution in [3.05, 3.63) is 0 Å². The molecule has 14 heavy (non-hydrogen) atoms. The van der Waals surface area contributed by atoms with E-state index in [0.717, 1.165) is 10.8 Å². The van der Waals surface area contributed by atoms with Crippen LogP contribution < -0.4 is 4.72 Å². The second kappa shape index (κ2) is 5.06. The largest absolute Gasteiger partial charge is 0.376 e. The number of hydrogen-bond acceptors (Lipinski definition) is 3. The highest BCUT2D eigenvalue weighted by Crippen LogP contribution is 2.16. The predicted molar refractivity (Wildman–Crippen MR) is 62.8 cm³/mol. The summed E-state index contributed by atoms with van der Waals surface area (Å²) >= 11 is 2.20. The summed E-state index contributed by atoms with van der Waals surface area (Å²) in [6, 6.07) is -0.0840. The maximum absolute atomic E-state index is 11.5. The molecule has 0 aliphatic carbocycles. The van der Waals surface area contributed by atoms with Gasteiger partial charge in [0.15, 0.2) is 0 Å². The lowest BCUT2D eigenvalue weighted by atomic mass is 10.2. The van der Waals surface area contributed by atoms with Crippen molar-refractivity contribution < 1.29 is 13.2 Å². The van der Waals surface area contributed by atoms with E-state index in [2.05, 4.69) is 27.3 Å². The Kier molecular flexibility index (Phi) is 4.56. The molecule has 1 rings (SSSR count). The van der Waals surface area contributed by atoms with E-state index in [9.17, 15) is 8.42 Å². The number of alkyl halides is 1. The first-order valence-corrected chi connectivity index (χ1v) is 7.31. The maximum Gasteiger partial charge on any atom is 0.279 e. The van der Waals surface area contributed by atoms with E-state index in [1.165, 1.54) is 18.4 Å². The van der Waals surface area contributed by atoms with E-state index >= 15 is 0 Å². The lowest BCUT2D eigenvalue weighted by Gasteiger charge is -2.20. The smallest absolute Gasteiger partial charge is 0.279 e. The molecule has 0 amide bonds. The molecule has 0 bridgehead atoms. The van der Waals surface area contributed by atoms with Gasteiger partial charge in [0, 0.05) is 25.1 Å². The topological polar surface area (TPSA) is 58.6 Å². The van der Waals surface area contributed by atoms with Crippen molar-refractivity contribution in [2.24, 2.45) is 0 Å². The van der Waals surface area contributed by atoms with Crippen LogP contribution in [-0.4, -0.2) is 50.0 Å². The van der Waals surface area contributed by atoms with Crippen molar-refractivity contribution in [1.29, 1.82) is 0 Å². The summed E-state index contributed by atoms with van der Waals surface area (Å²) < 4.78 is 33.0. The second-order valence-electron chi connectivity index (χ2n) is 3.36. The van der Waals surface area contributed by atoms with Crippen LogP contribution in [0.25, 0.3) is 0 Å². The molecular weight excluding hydrogens is 319 g/mol. The zero-order valence-corrected chi connectivity index (χ0v) is 11.2. The molecule has 0 radical (unpaired) electrons. The van der Waals surface area contributed by atoms with Gasteiger partial charge in [0.05, 0.1) is 12.1 Å². The Labute approximate surface area is 98.5 Å². The first-order valence-electron chi connectivity index (χ1n) is 4.34. The van der Waals surface area contributed by atoms with Gasteiger partial charge in [0.25, 0.3) is 10.2 Å². The fourth-order valence-electron chi connectivity index (χ4n) is 1.23. The summed E-state index contributed by atoms with van der Waals surface area (Å²) in [6.45, 7) is 0.633. The first-order chi connectivity index (χ1) is 6.47. The Morgan fingerprint density at radius 1 is 1.57 bits per heavy atom. The Balaban J connectivity index is 2.60. The fraction of sp³-hybridized carbons (Fsp3) is 1.00. The van der Waals surface area contributed by atoms with E-state index in [-0.39, 0.29) is 12.1 Å². The Bertz CT molecular complexity index is 281. The molecule has 7 heteroatoms. The molecule has 2 atom stereocenters. The van der Waals surface area contributed by atoms with Crippen LogP contribution in [0.5, 0.6) is 0 Å². The van der Waals surface area contributed by atoms with Gasteiger partial charge in [-0.05, 0) is 6.42 Å². The van der Waals surface area contributed by atoms with E-state index in [1.807, 2.05) is 0 Å².